The lowest BCUT2D eigenvalue weighted by molar-refractivity contribution is 1.07. The maximum Gasteiger partial charge on any atom is 0.164 e. The average molecular weight is 1010 g/mol. The molecular weight excluding hydrogens is 971 g/mol. The Bertz CT molecular complexity index is 4150. The highest BCUT2D eigenvalue weighted by atomic mass is 15.1. The van der Waals surface area contributed by atoms with Gasteiger partial charge in [0.25, 0.3) is 0 Å². The molecule has 370 valence electrons. The van der Waals surface area contributed by atoms with Crippen molar-refractivity contribution >= 4 is 21.8 Å². The highest BCUT2D eigenvalue weighted by molar-refractivity contribution is 6.12. The third kappa shape index (κ3) is 9.13. The zero-order chi connectivity index (χ0) is 52.5. The third-order valence-electron chi connectivity index (χ3n) is 13.8. The monoisotopic (exact) mass is 1010 g/mol. The fourth-order valence-electron chi connectivity index (χ4n) is 10.00. The van der Waals surface area contributed by atoms with Gasteiger partial charge in [0, 0.05) is 84.4 Å². The van der Waals surface area contributed by atoms with Crippen LogP contribution >= 0.6 is 0 Å². The van der Waals surface area contributed by atoms with E-state index in [0.29, 0.717) is 52.4 Å². The van der Waals surface area contributed by atoms with E-state index in [-0.39, 0.29) is 0 Å². The molecule has 0 bridgehead atoms. The molecule has 0 fully saturated rings. The number of rotatable bonds is 11. The molecule has 0 saturated carbocycles. The van der Waals surface area contributed by atoms with Crippen LogP contribution in [0.4, 0.5) is 0 Å². The van der Waals surface area contributed by atoms with E-state index in [1.165, 1.54) is 0 Å². The minimum absolute atomic E-state index is 0.536. The first kappa shape index (κ1) is 46.5. The number of hydrogen-bond donors (Lipinski definition) is 0. The molecule has 14 aromatic rings. The highest BCUT2D eigenvalue weighted by Crippen LogP contribution is 2.41. The summed E-state index contributed by atoms with van der Waals surface area (Å²) in [7, 11) is 0. The van der Waals surface area contributed by atoms with E-state index in [9.17, 15) is 0 Å². The summed E-state index contributed by atoms with van der Waals surface area (Å²) in [5.74, 6) is 5.09. The van der Waals surface area contributed by atoms with Gasteiger partial charge in [-0.05, 0) is 48.5 Å². The van der Waals surface area contributed by atoms with Gasteiger partial charge in [-0.25, -0.2) is 44.9 Å². The number of pyridine rings is 1. The Balaban J connectivity index is 1.03. The largest absolute Gasteiger partial charge is 0.309 e. The Morgan fingerprint density at radius 1 is 0.228 bits per heavy atom. The van der Waals surface area contributed by atoms with Gasteiger partial charge in [-0.3, -0.25) is 4.98 Å². The second-order valence-corrected chi connectivity index (χ2v) is 18.9. The zero-order valence-electron chi connectivity index (χ0n) is 42.2. The van der Waals surface area contributed by atoms with Gasteiger partial charge < -0.3 is 4.57 Å². The molecular formula is C68H43N11. The van der Waals surface area contributed by atoms with Crippen LogP contribution in [0.5, 0.6) is 0 Å². The molecule has 0 unspecified atom stereocenters. The minimum Gasteiger partial charge on any atom is -0.309 e. The fourth-order valence-corrected chi connectivity index (χ4v) is 10.00. The van der Waals surface area contributed by atoms with E-state index >= 15 is 0 Å². The summed E-state index contributed by atoms with van der Waals surface area (Å²) in [4.78, 5) is 50.7. The highest BCUT2D eigenvalue weighted by Gasteiger charge is 2.23. The maximum absolute atomic E-state index is 5.17. The van der Waals surface area contributed by atoms with Gasteiger partial charge in [0.05, 0.1) is 16.7 Å². The van der Waals surface area contributed by atoms with Crippen molar-refractivity contribution in [1.82, 2.24) is 54.4 Å². The Hall–Kier alpha value is -11.0. The molecule has 0 atom stereocenters. The van der Waals surface area contributed by atoms with Gasteiger partial charge >= 0.3 is 0 Å². The fraction of sp³-hybridized carbons (Fsp3) is 0. The predicted molar refractivity (Wildman–Crippen MR) is 313 cm³/mol. The van der Waals surface area contributed by atoms with Crippen LogP contribution in [0.3, 0.4) is 0 Å². The lowest BCUT2D eigenvalue weighted by Crippen LogP contribution is -2.02. The Morgan fingerprint density at radius 2 is 0.506 bits per heavy atom. The zero-order valence-corrected chi connectivity index (χ0v) is 42.2. The second-order valence-electron chi connectivity index (χ2n) is 18.9. The van der Waals surface area contributed by atoms with Crippen LogP contribution < -0.4 is 0 Å². The number of nitrogens with zero attached hydrogens (tertiary/aromatic N) is 11. The van der Waals surface area contributed by atoms with Gasteiger partial charge in [-0.15, -0.1) is 0 Å². The molecule has 9 aromatic carbocycles. The van der Waals surface area contributed by atoms with E-state index < -0.39 is 0 Å². The maximum atomic E-state index is 5.17. The van der Waals surface area contributed by atoms with Crippen molar-refractivity contribution in [2.75, 3.05) is 0 Å². The summed E-state index contributed by atoms with van der Waals surface area (Å²) in [6.07, 6.45) is 3.70. The SMILES string of the molecule is c1ccc(-c2nc(-c3ccccc3)nc(-c3ccc(-c4cccnc4)c(-n4c5ccc(-c6nc(-c7ccccc7)nc(-c7ccccc7)n6)cc5c5cc(-c6nc(-c7ccccc7)nc(-c7ccccc7)n6)ccc54)c3)n2)cc1. The lowest BCUT2D eigenvalue weighted by Gasteiger charge is -2.16. The molecule has 11 nitrogen and oxygen atoms in total. The third-order valence-corrected chi connectivity index (χ3v) is 13.8. The summed E-state index contributed by atoms with van der Waals surface area (Å²) < 4.78 is 2.32. The van der Waals surface area contributed by atoms with Crippen molar-refractivity contribution in [1.29, 1.82) is 0 Å². The molecule has 0 aliphatic rings. The van der Waals surface area contributed by atoms with Gasteiger partial charge in [0.15, 0.2) is 52.4 Å². The molecule has 5 heterocycles. The summed E-state index contributed by atoms with van der Waals surface area (Å²) in [6, 6.07) is 83.5. The van der Waals surface area contributed by atoms with Crippen molar-refractivity contribution in [3.8, 4) is 119 Å². The summed E-state index contributed by atoms with van der Waals surface area (Å²) in [5.41, 5.74) is 12.5. The van der Waals surface area contributed by atoms with Crippen molar-refractivity contribution in [3.05, 3.63) is 261 Å². The smallest absolute Gasteiger partial charge is 0.164 e. The summed E-state index contributed by atoms with van der Waals surface area (Å²) >= 11 is 0. The van der Waals surface area contributed by atoms with E-state index in [1.807, 2.05) is 194 Å². The first-order valence-electron chi connectivity index (χ1n) is 25.9. The van der Waals surface area contributed by atoms with Crippen molar-refractivity contribution in [2.45, 2.75) is 0 Å². The topological polar surface area (TPSA) is 134 Å². The van der Waals surface area contributed by atoms with Crippen LogP contribution in [0.15, 0.2) is 261 Å². The molecule has 79 heavy (non-hydrogen) atoms. The molecule has 0 spiro atoms. The quantitative estimate of drug-likeness (QED) is 0.123. The van der Waals surface area contributed by atoms with Crippen LogP contribution in [0.1, 0.15) is 0 Å². The molecule has 5 aromatic heterocycles. The Labute approximate surface area is 454 Å². The molecule has 0 amide bonds. The van der Waals surface area contributed by atoms with Gasteiger partial charge in [0.1, 0.15) is 0 Å². The molecule has 0 radical (unpaired) electrons. The van der Waals surface area contributed by atoms with Crippen LogP contribution in [-0.2, 0) is 0 Å². The molecule has 0 aliphatic heterocycles. The van der Waals surface area contributed by atoms with Crippen LogP contribution in [-0.4, -0.2) is 54.4 Å². The average Bonchev–Trinajstić information content (AvgIpc) is 3.98. The molecule has 0 saturated heterocycles. The Kier molecular flexibility index (Phi) is 11.9. The number of benzene rings is 9. The van der Waals surface area contributed by atoms with Gasteiger partial charge in [-0.1, -0.05) is 200 Å². The van der Waals surface area contributed by atoms with E-state index in [1.54, 1.807) is 6.20 Å². The molecule has 11 heteroatoms. The first-order chi connectivity index (χ1) is 39.1. The van der Waals surface area contributed by atoms with Gasteiger partial charge in [0.2, 0.25) is 0 Å². The van der Waals surface area contributed by atoms with Crippen molar-refractivity contribution in [3.63, 3.8) is 0 Å². The normalized spacial score (nSPS) is 11.3. The lowest BCUT2D eigenvalue weighted by atomic mass is 10.0. The summed E-state index contributed by atoms with van der Waals surface area (Å²) in [5, 5.41) is 1.91. The van der Waals surface area contributed by atoms with Crippen molar-refractivity contribution < 1.29 is 0 Å². The molecule has 0 N–H and O–H groups in total. The first-order valence-corrected chi connectivity index (χ1v) is 25.9. The van der Waals surface area contributed by atoms with E-state index in [0.717, 1.165) is 88.7 Å². The van der Waals surface area contributed by atoms with E-state index in [2.05, 4.69) is 70.2 Å². The molecule has 0 aliphatic carbocycles. The molecule has 14 rings (SSSR count). The number of fused-ring (bicyclic) bond motifs is 3. The Morgan fingerprint density at radius 3 is 0.810 bits per heavy atom. The van der Waals surface area contributed by atoms with Crippen LogP contribution in [0.25, 0.3) is 141 Å². The second kappa shape index (κ2) is 20.2. The number of hydrogen-bond acceptors (Lipinski definition) is 10. The predicted octanol–water partition coefficient (Wildman–Crippen LogP) is 15.4. The van der Waals surface area contributed by atoms with Crippen LogP contribution in [0.2, 0.25) is 0 Å². The van der Waals surface area contributed by atoms with E-state index in [4.69, 9.17) is 44.9 Å². The number of aromatic nitrogens is 11. The van der Waals surface area contributed by atoms with Crippen molar-refractivity contribution in [2.24, 2.45) is 0 Å². The van der Waals surface area contributed by atoms with Gasteiger partial charge in [-0.2, -0.15) is 0 Å². The minimum atomic E-state index is 0.536. The standard InChI is InChI=1S/C68H43N11/c1-7-20-44(21-8-1)60-70-61(45-22-9-2-10-23-45)74-66(73-60)50-34-37-57-55(40-50)56-41-51(67-75-62(46-24-11-3-12-25-46)71-63(76-67)47-26-13-4-14-27-47)35-38-58(56)79(57)59-42-52(33-36-54(59)53-32-19-39-69-43-53)68-77-64(48-28-15-5-16-29-48)72-65(78-68)49-30-17-6-18-31-49/h1-43H. The summed E-state index contributed by atoms with van der Waals surface area (Å²) in [6.45, 7) is 0. The van der Waals surface area contributed by atoms with Crippen LogP contribution in [0, 0.1) is 0 Å².